The lowest BCUT2D eigenvalue weighted by Gasteiger charge is -2.29. The summed E-state index contributed by atoms with van der Waals surface area (Å²) < 4.78 is 0. The van der Waals surface area contributed by atoms with Gasteiger partial charge in [0.25, 0.3) is 5.91 Å². The Morgan fingerprint density at radius 1 is 1.21 bits per heavy atom. The number of nitrogens with one attached hydrogen (secondary N) is 1. The molecule has 2 atom stereocenters. The number of nitrogens with zero attached hydrogens (tertiary/aromatic N) is 2. The summed E-state index contributed by atoms with van der Waals surface area (Å²) in [7, 11) is 0. The molecule has 0 spiro atoms. The van der Waals surface area contributed by atoms with E-state index in [0.29, 0.717) is 0 Å². The van der Waals surface area contributed by atoms with E-state index in [9.17, 15) is 9.59 Å². The van der Waals surface area contributed by atoms with E-state index in [1.165, 1.54) is 12.4 Å². The Morgan fingerprint density at radius 2 is 1.84 bits per heavy atom. The van der Waals surface area contributed by atoms with Gasteiger partial charge in [-0.2, -0.15) is 0 Å². The van der Waals surface area contributed by atoms with Crippen LogP contribution in [0.1, 0.15) is 46.7 Å². The van der Waals surface area contributed by atoms with E-state index in [1.54, 1.807) is 0 Å². The lowest BCUT2D eigenvalue weighted by molar-refractivity contribution is 0.0682. The number of carbonyl (C=O) groups excluding carboxylic acids is 1. The molecule has 7 nitrogen and oxygen atoms in total. The van der Waals surface area contributed by atoms with Crippen LogP contribution in [0.2, 0.25) is 0 Å². The van der Waals surface area contributed by atoms with Gasteiger partial charge in [0.2, 0.25) is 0 Å². The maximum atomic E-state index is 12.1. The Morgan fingerprint density at radius 3 is 2.47 bits per heavy atom. The molecule has 102 valence electrons. The molecule has 1 amide bonds. The van der Waals surface area contributed by atoms with Crippen LogP contribution in [0.25, 0.3) is 0 Å². The van der Waals surface area contributed by atoms with Crippen molar-refractivity contribution in [2.75, 3.05) is 0 Å². The fourth-order valence-corrected chi connectivity index (χ4v) is 2.24. The molecule has 0 saturated heterocycles. The Kier molecular flexibility index (Phi) is 4.06. The summed E-state index contributed by atoms with van der Waals surface area (Å²) in [6.07, 6.45) is 6.26. The first-order valence-corrected chi connectivity index (χ1v) is 6.20. The Labute approximate surface area is 110 Å². The summed E-state index contributed by atoms with van der Waals surface area (Å²) >= 11 is 0. The number of aromatic carboxylic acids is 1. The van der Waals surface area contributed by atoms with Crippen LogP contribution in [0.3, 0.4) is 0 Å². The maximum Gasteiger partial charge on any atom is 0.356 e. The van der Waals surface area contributed by atoms with Gasteiger partial charge in [0, 0.05) is 24.5 Å². The monoisotopic (exact) mass is 264 g/mol. The molecule has 1 fully saturated rings. The molecule has 1 aliphatic rings. The number of aromatic nitrogens is 2. The maximum absolute atomic E-state index is 12.1. The molecular weight excluding hydrogens is 248 g/mol. The van der Waals surface area contributed by atoms with E-state index < -0.39 is 11.9 Å². The highest BCUT2D eigenvalue weighted by Gasteiger charge is 2.26. The third-order valence-electron chi connectivity index (χ3n) is 3.25. The molecule has 2 rings (SSSR count). The van der Waals surface area contributed by atoms with Crippen LogP contribution in [-0.2, 0) is 0 Å². The molecule has 19 heavy (non-hydrogen) atoms. The summed E-state index contributed by atoms with van der Waals surface area (Å²) in [6, 6.07) is -0.229. The third-order valence-corrected chi connectivity index (χ3v) is 3.25. The second kappa shape index (κ2) is 5.75. The van der Waals surface area contributed by atoms with Gasteiger partial charge >= 0.3 is 5.97 Å². The quantitative estimate of drug-likeness (QED) is 0.716. The number of hydrogen-bond acceptors (Lipinski definition) is 5. The Hall–Kier alpha value is -2.02. The van der Waals surface area contributed by atoms with Crippen LogP contribution in [0.5, 0.6) is 0 Å². The molecule has 1 heterocycles. The SMILES string of the molecule is N[C@@H]1CCCC[C@H]1NC(=O)c1nccnc1C(=O)O. The van der Waals surface area contributed by atoms with Gasteiger partial charge in [-0.3, -0.25) is 4.79 Å². The minimum absolute atomic E-state index is 0.0948. The van der Waals surface area contributed by atoms with Crippen molar-refractivity contribution < 1.29 is 14.7 Å². The highest BCUT2D eigenvalue weighted by Crippen LogP contribution is 2.17. The highest BCUT2D eigenvalue weighted by molar-refractivity contribution is 6.02. The molecular formula is C12H16N4O3. The summed E-state index contributed by atoms with van der Waals surface area (Å²) in [4.78, 5) is 30.5. The summed E-state index contributed by atoms with van der Waals surface area (Å²) in [5.41, 5.74) is 5.42. The normalized spacial score (nSPS) is 22.8. The van der Waals surface area contributed by atoms with Crippen LogP contribution in [0.4, 0.5) is 0 Å². The molecule has 0 aliphatic heterocycles. The number of carbonyl (C=O) groups is 2. The average molecular weight is 264 g/mol. The summed E-state index contributed by atoms with van der Waals surface area (Å²) in [6.45, 7) is 0. The zero-order valence-electron chi connectivity index (χ0n) is 10.4. The number of carboxylic acids is 1. The van der Waals surface area contributed by atoms with Crippen LogP contribution < -0.4 is 11.1 Å². The van der Waals surface area contributed by atoms with Crippen molar-refractivity contribution in [3.05, 3.63) is 23.8 Å². The molecule has 0 aromatic carbocycles. The van der Waals surface area contributed by atoms with Gasteiger partial charge in [-0.1, -0.05) is 12.8 Å². The molecule has 1 aromatic heterocycles. The predicted molar refractivity (Wildman–Crippen MR) is 66.7 cm³/mol. The van der Waals surface area contributed by atoms with Crippen LogP contribution in [0.15, 0.2) is 12.4 Å². The van der Waals surface area contributed by atoms with Gasteiger partial charge in [-0.25, -0.2) is 14.8 Å². The zero-order valence-corrected chi connectivity index (χ0v) is 10.4. The lowest BCUT2D eigenvalue weighted by atomic mass is 9.91. The van der Waals surface area contributed by atoms with Crippen molar-refractivity contribution in [1.29, 1.82) is 0 Å². The number of hydrogen-bond donors (Lipinski definition) is 3. The van der Waals surface area contributed by atoms with Crippen molar-refractivity contribution >= 4 is 11.9 Å². The second-order valence-electron chi connectivity index (χ2n) is 4.59. The van der Waals surface area contributed by atoms with E-state index >= 15 is 0 Å². The first kappa shape index (κ1) is 13.4. The number of nitrogens with two attached hydrogens (primary N) is 1. The van der Waals surface area contributed by atoms with E-state index in [4.69, 9.17) is 10.8 Å². The fraction of sp³-hybridized carbons (Fsp3) is 0.500. The van der Waals surface area contributed by atoms with Crippen LogP contribution >= 0.6 is 0 Å². The van der Waals surface area contributed by atoms with Crippen molar-refractivity contribution in [3.63, 3.8) is 0 Å². The second-order valence-corrected chi connectivity index (χ2v) is 4.59. The number of amides is 1. The molecule has 0 unspecified atom stereocenters. The molecule has 1 aromatic rings. The smallest absolute Gasteiger partial charge is 0.356 e. The molecule has 1 aliphatic carbocycles. The minimum atomic E-state index is -1.27. The standard InChI is InChI=1S/C12H16N4O3/c13-7-3-1-2-4-8(7)16-11(17)9-10(12(18)19)15-6-5-14-9/h5-8H,1-4,13H2,(H,16,17)(H,18,19)/t7-,8-/m1/s1. The Balaban J connectivity index is 2.13. The van der Waals surface area contributed by atoms with Crippen molar-refractivity contribution in [3.8, 4) is 0 Å². The molecule has 7 heteroatoms. The third kappa shape index (κ3) is 3.05. The zero-order chi connectivity index (χ0) is 13.8. The highest BCUT2D eigenvalue weighted by atomic mass is 16.4. The van der Waals surface area contributed by atoms with Gasteiger partial charge in [0.05, 0.1) is 0 Å². The number of rotatable bonds is 3. The topological polar surface area (TPSA) is 118 Å². The Bertz CT molecular complexity index is 492. The van der Waals surface area contributed by atoms with E-state index in [2.05, 4.69) is 15.3 Å². The summed E-state index contributed by atoms with van der Waals surface area (Å²) in [5, 5.41) is 11.7. The number of carboxylic acid groups (broad SMARTS) is 1. The van der Waals surface area contributed by atoms with Crippen molar-refractivity contribution in [2.45, 2.75) is 37.8 Å². The molecule has 4 N–H and O–H groups in total. The van der Waals surface area contributed by atoms with E-state index in [1.807, 2.05) is 0 Å². The fourth-order valence-electron chi connectivity index (χ4n) is 2.24. The van der Waals surface area contributed by atoms with Gasteiger partial charge in [-0.05, 0) is 12.8 Å². The van der Waals surface area contributed by atoms with Gasteiger partial charge in [0.15, 0.2) is 11.4 Å². The van der Waals surface area contributed by atoms with Gasteiger partial charge in [-0.15, -0.1) is 0 Å². The van der Waals surface area contributed by atoms with E-state index in [-0.39, 0.29) is 23.5 Å². The predicted octanol–water partition coefficient (Wildman–Crippen LogP) is 0.174. The first-order valence-electron chi connectivity index (χ1n) is 6.20. The molecule has 0 radical (unpaired) electrons. The van der Waals surface area contributed by atoms with Crippen LogP contribution in [-0.4, -0.2) is 39.0 Å². The summed E-state index contributed by atoms with van der Waals surface area (Å²) in [5.74, 6) is -1.81. The van der Waals surface area contributed by atoms with Gasteiger partial charge < -0.3 is 16.2 Å². The average Bonchev–Trinajstić information content (AvgIpc) is 2.41. The largest absolute Gasteiger partial charge is 0.476 e. The lowest BCUT2D eigenvalue weighted by Crippen LogP contribution is -2.49. The van der Waals surface area contributed by atoms with Crippen molar-refractivity contribution in [2.24, 2.45) is 5.73 Å². The minimum Gasteiger partial charge on any atom is -0.476 e. The van der Waals surface area contributed by atoms with Gasteiger partial charge in [0.1, 0.15) is 0 Å². The first-order chi connectivity index (χ1) is 9.09. The molecule has 1 saturated carbocycles. The van der Waals surface area contributed by atoms with Crippen molar-refractivity contribution in [1.82, 2.24) is 15.3 Å². The molecule has 0 bridgehead atoms. The van der Waals surface area contributed by atoms with E-state index in [0.717, 1.165) is 25.7 Å². The van der Waals surface area contributed by atoms with Crippen LogP contribution in [0, 0.1) is 0 Å².